The Morgan fingerprint density at radius 3 is 2.50 bits per heavy atom. The molecule has 188 valence electrons. The number of carbonyl (C=O) groups excluding carboxylic acids is 2. The van der Waals surface area contributed by atoms with Gasteiger partial charge in [0.2, 0.25) is 0 Å². The second-order valence-corrected chi connectivity index (χ2v) is 10.6. The van der Waals surface area contributed by atoms with Crippen molar-refractivity contribution >= 4 is 39.7 Å². The van der Waals surface area contributed by atoms with E-state index in [1.807, 2.05) is 6.92 Å². The number of carboxylic acid groups (broad SMARTS) is 1. The average molecular weight is 503 g/mol. The SMILES string of the molecule is CCCN(C[C@H]1Cc2c(cc(O)c(N3CC(=O)NS3(=O)=O)c2F)N1C(=O)O)C(=O)OC(C)(C)C. The fourth-order valence-electron chi connectivity index (χ4n) is 3.98. The molecule has 0 aliphatic carbocycles. The normalized spacial score (nSPS) is 19.1. The second-order valence-electron chi connectivity index (χ2n) is 9.03. The molecule has 0 unspecified atom stereocenters. The van der Waals surface area contributed by atoms with Crippen molar-refractivity contribution in [2.45, 2.75) is 52.2 Å². The Kier molecular flexibility index (Phi) is 6.57. The monoisotopic (exact) mass is 502 g/mol. The van der Waals surface area contributed by atoms with E-state index in [2.05, 4.69) is 0 Å². The highest BCUT2D eigenvalue weighted by molar-refractivity contribution is 7.92. The molecule has 0 radical (unpaired) electrons. The minimum absolute atomic E-state index is 0.124. The van der Waals surface area contributed by atoms with Gasteiger partial charge in [0.1, 0.15) is 23.6 Å². The van der Waals surface area contributed by atoms with Crippen LogP contribution in [-0.2, 0) is 26.2 Å². The van der Waals surface area contributed by atoms with E-state index < -0.39 is 63.7 Å². The Balaban J connectivity index is 1.99. The lowest BCUT2D eigenvalue weighted by molar-refractivity contribution is -0.117. The summed E-state index contributed by atoms with van der Waals surface area (Å²) in [6.45, 7) is 6.29. The van der Waals surface area contributed by atoms with Crippen molar-refractivity contribution < 1.29 is 42.1 Å². The maximum atomic E-state index is 15.5. The predicted octanol–water partition coefficient (Wildman–Crippen LogP) is 1.77. The Labute approximate surface area is 196 Å². The van der Waals surface area contributed by atoms with E-state index in [4.69, 9.17) is 4.74 Å². The smallest absolute Gasteiger partial charge is 0.412 e. The van der Waals surface area contributed by atoms with Crippen LogP contribution in [0.3, 0.4) is 0 Å². The van der Waals surface area contributed by atoms with Crippen LogP contribution in [0.15, 0.2) is 6.07 Å². The molecule has 2 aliphatic rings. The number of aromatic hydroxyl groups is 1. The third-order valence-electron chi connectivity index (χ3n) is 5.21. The summed E-state index contributed by atoms with van der Waals surface area (Å²) >= 11 is 0. The van der Waals surface area contributed by atoms with Crippen LogP contribution in [0.5, 0.6) is 5.75 Å². The number of phenolic OH excluding ortho intramolecular Hbond substituents is 1. The van der Waals surface area contributed by atoms with Gasteiger partial charge in [-0.3, -0.25) is 9.69 Å². The zero-order valence-corrected chi connectivity index (χ0v) is 20.0. The van der Waals surface area contributed by atoms with E-state index in [-0.39, 0.29) is 30.8 Å². The number of nitrogens with zero attached hydrogens (tertiary/aromatic N) is 3. The van der Waals surface area contributed by atoms with Gasteiger partial charge >= 0.3 is 22.4 Å². The van der Waals surface area contributed by atoms with Crippen molar-refractivity contribution in [3.05, 3.63) is 17.4 Å². The molecule has 1 saturated heterocycles. The predicted molar refractivity (Wildman–Crippen MR) is 119 cm³/mol. The van der Waals surface area contributed by atoms with Gasteiger partial charge in [-0.1, -0.05) is 6.92 Å². The van der Waals surface area contributed by atoms with Crippen LogP contribution in [0.2, 0.25) is 0 Å². The quantitative estimate of drug-likeness (QED) is 0.550. The van der Waals surface area contributed by atoms with E-state index in [9.17, 15) is 33.0 Å². The summed E-state index contributed by atoms with van der Waals surface area (Å²) < 4.78 is 47.3. The molecule has 0 bridgehead atoms. The van der Waals surface area contributed by atoms with Gasteiger partial charge in [-0.25, -0.2) is 23.0 Å². The van der Waals surface area contributed by atoms with Crippen LogP contribution in [0.25, 0.3) is 0 Å². The number of rotatable bonds is 5. The van der Waals surface area contributed by atoms with Crippen molar-refractivity contribution in [3.8, 4) is 5.75 Å². The highest BCUT2D eigenvalue weighted by Crippen LogP contribution is 2.44. The summed E-state index contributed by atoms with van der Waals surface area (Å²) in [5.41, 5.74) is -1.86. The largest absolute Gasteiger partial charge is 0.506 e. The summed E-state index contributed by atoms with van der Waals surface area (Å²) in [7, 11) is -4.42. The number of halogens is 1. The molecule has 14 heteroatoms. The number of phenols is 1. The summed E-state index contributed by atoms with van der Waals surface area (Å²) in [4.78, 5) is 38.4. The average Bonchev–Trinajstić information content (AvgIpc) is 3.16. The van der Waals surface area contributed by atoms with Crippen molar-refractivity contribution in [1.29, 1.82) is 0 Å². The van der Waals surface area contributed by atoms with Crippen molar-refractivity contribution in [1.82, 2.24) is 9.62 Å². The highest BCUT2D eigenvalue weighted by Gasteiger charge is 2.43. The summed E-state index contributed by atoms with van der Waals surface area (Å²) in [6, 6.07) is 0.0170. The fourth-order valence-corrected chi connectivity index (χ4v) is 5.15. The molecule has 1 aromatic rings. The first-order valence-corrected chi connectivity index (χ1v) is 12.0. The maximum Gasteiger partial charge on any atom is 0.412 e. The molecule has 0 saturated carbocycles. The molecule has 2 aliphatic heterocycles. The van der Waals surface area contributed by atoms with Crippen molar-refractivity contribution in [2.24, 2.45) is 0 Å². The molecule has 3 amide bonds. The molecule has 0 aromatic heterocycles. The fraction of sp³-hybridized carbons (Fsp3) is 0.550. The highest BCUT2D eigenvalue weighted by atomic mass is 32.2. The summed E-state index contributed by atoms with van der Waals surface area (Å²) in [5.74, 6) is -2.92. The van der Waals surface area contributed by atoms with Crippen LogP contribution in [0.1, 0.15) is 39.7 Å². The summed E-state index contributed by atoms with van der Waals surface area (Å²) in [5, 5.41) is 20.2. The number of hydrogen-bond donors (Lipinski definition) is 3. The number of carbonyl (C=O) groups is 3. The third kappa shape index (κ3) is 4.81. The lowest BCUT2D eigenvalue weighted by atomic mass is 10.1. The number of benzene rings is 1. The Bertz CT molecular complexity index is 1130. The van der Waals surface area contributed by atoms with E-state index in [0.717, 1.165) is 11.0 Å². The van der Waals surface area contributed by atoms with Gasteiger partial charge in [-0.15, -0.1) is 0 Å². The molecule has 12 nitrogen and oxygen atoms in total. The van der Waals surface area contributed by atoms with Crippen molar-refractivity contribution in [2.75, 3.05) is 28.8 Å². The maximum absolute atomic E-state index is 15.5. The first-order chi connectivity index (χ1) is 15.7. The van der Waals surface area contributed by atoms with Gasteiger partial charge in [0.25, 0.3) is 5.91 Å². The van der Waals surface area contributed by atoms with Gasteiger partial charge in [0, 0.05) is 31.1 Å². The van der Waals surface area contributed by atoms with Gasteiger partial charge in [0.15, 0.2) is 5.82 Å². The molecular weight excluding hydrogens is 475 g/mol. The van der Waals surface area contributed by atoms with Gasteiger partial charge in [0.05, 0.1) is 11.7 Å². The van der Waals surface area contributed by atoms with Crippen molar-refractivity contribution in [3.63, 3.8) is 0 Å². The van der Waals surface area contributed by atoms with Crippen LogP contribution < -0.4 is 13.9 Å². The third-order valence-corrected chi connectivity index (χ3v) is 6.59. The first-order valence-electron chi connectivity index (χ1n) is 10.5. The van der Waals surface area contributed by atoms with E-state index in [1.165, 1.54) is 4.90 Å². The van der Waals surface area contributed by atoms with Crippen LogP contribution in [0, 0.1) is 5.82 Å². The Hall–Kier alpha value is -3.29. The lowest BCUT2D eigenvalue weighted by Crippen LogP contribution is -2.48. The topological polar surface area (TPSA) is 157 Å². The zero-order chi connectivity index (χ0) is 25.6. The Morgan fingerprint density at radius 2 is 2.00 bits per heavy atom. The lowest BCUT2D eigenvalue weighted by Gasteiger charge is -2.31. The number of fused-ring (bicyclic) bond motifs is 1. The van der Waals surface area contributed by atoms with E-state index in [1.54, 1.807) is 25.5 Å². The Morgan fingerprint density at radius 1 is 1.35 bits per heavy atom. The van der Waals surface area contributed by atoms with Crippen LogP contribution in [0.4, 0.5) is 25.4 Å². The second kappa shape index (κ2) is 8.81. The van der Waals surface area contributed by atoms with Gasteiger partial charge in [-0.05, 0) is 27.2 Å². The minimum Gasteiger partial charge on any atom is -0.506 e. The minimum atomic E-state index is -4.42. The standard InChI is InChI=1S/C20H27FN4O8S/c1-5-6-23(19(30)33-20(2,3)4)9-11-7-12-13(25(11)18(28)29)8-14(26)17(16(12)21)24-10-15(27)22-34(24,31)32/h8,11,26H,5-7,9-10H2,1-4H3,(H,22,27)(H,28,29)/t11-/m1/s1. The van der Waals surface area contributed by atoms with Gasteiger partial charge in [-0.2, -0.15) is 8.42 Å². The molecule has 1 aromatic carbocycles. The molecule has 34 heavy (non-hydrogen) atoms. The number of ether oxygens (including phenoxy) is 1. The van der Waals surface area contributed by atoms with E-state index >= 15 is 4.39 Å². The van der Waals surface area contributed by atoms with Crippen LogP contribution >= 0.6 is 0 Å². The van der Waals surface area contributed by atoms with Gasteiger partial charge < -0.3 is 19.8 Å². The molecule has 2 heterocycles. The molecule has 3 N–H and O–H groups in total. The number of amides is 3. The zero-order valence-electron chi connectivity index (χ0n) is 19.2. The van der Waals surface area contributed by atoms with E-state index in [0.29, 0.717) is 10.7 Å². The number of hydrogen-bond acceptors (Lipinski definition) is 7. The molecular formula is C20H27FN4O8S. The number of anilines is 2. The molecule has 1 atom stereocenters. The summed E-state index contributed by atoms with van der Waals surface area (Å²) in [6.07, 6.45) is -1.74. The van der Waals surface area contributed by atoms with Crippen LogP contribution in [-0.4, -0.2) is 72.9 Å². The first kappa shape index (κ1) is 25.3. The molecule has 0 spiro atoms. The number of nitrogens with one attached hydrogen (secondary N) is 1. The molecule has 1 fully saturated rings. The molecule has 3 rings (SSSR count).